The smallest absolute Gasteiger partial charge is 0.222 e. The third kappa shape index (κ3) is 6.50. The first-order valence-electron chi connectivity index (χ1n) is 10.0. The summed E-state index contributed by atoms with van der Waals surface area (Å²) in [5.41, 5.74) is 1.17. The lowest BCUT2D eigenvalue weighted by Crippen LogP contribution is -2.49. The molecule has 1 N–H and O–H groups in total. The summed E-state index contributed by atoms with van der Waals surface area (Å²) < 4.78 is 0. The van der Waals surface area contributed by atoms with E-state index in [1.165, 1.54) is 18.4 Å². The molecule has 3 unspecified atom stereocenters. The third-order valence-corrected chi connectivity index (χ3v) is 6.55. The highest BCUT2D eigenvalue weighted by Gasteiger charge is 2.28. The molecule has 2 aliphatic rings. The van der Waals surface area contributed by atoms with Crippen LogP contribution >= 0.6 is 36.4 Å². The van der Waals surface area contributed by atoms with Crippen LogP contribution in [0.1, 0.15) is 44.7 Å². The standard InChI is InChI=1S/C21H32ClN3O.2ClH/c1-16(18-6-5-9-23-15-18)14-21(26)25-12-10-24(11-13-25)17(2)19-7-3-4-8-20(19)22;;/h3-4,7-8,16-18,23H,5-6,9-15H2,1-2H3;2*1H. The molecule has 2 heterocycles. The van der Waals surface area contributed by atoms with Crippen molar-refractivity contribution in [2.45, 2.75) is 39.2 Å². The zero-order chi connectivity index (χ0) is 18.5. The Kier molecular flexibility index (Phi) is 11.2. The minimum atomic E-state index is 0. The Labute approximate surface area is 187 Å². The first-order valence-corrected chi connectivity index (χ1v) is 10.4. The minimum Gasteiger partial charge on any atom is -0.340 e. The first kappa shape index (κ1) is 25.5. The van der Waals surface area contributed by atoms with Gasteiger partial charge >= 0.3 is 0 Å². The second-order valence-electron chi connectivity index (χ2n) is 7.90. The Morgan fingerprint density at radius 3 is 2.46 bits per heavy atom. The van der Waals surface area contributed by atoms with Crippen LogP contribution < -0.4 is 5.32 Å². The number of halogens is 3. The number of benzene rings is 1. The van der Waals surface area contributed by atoms with Crippen LogP contribution in [0.3, 0.4) is 0 Å². The van der Waals surface area contributed by atoms with Gasteiger partial charge in [0, 0.05) is 43.7 Å². The lowest BCUT2D eigenvalue weighted by atomic mass is 9.85. The molecule has 3 rings (SSSR count). The van der Waals surface area contributed by atoms with Crippen molar-refractivity contribution in [1.29, 1.82) is 0 Å². The fourth-order valence-electron chi connectivity index (χ4n) is 4.30. The largest absolute Gasteiger partial charge is 0.340 e. The van der Waals surface area contributed by atoms with E-state index in [-0.39, 0.29) is 30.9 Å². The first-order chi connectivity index (χ1) is 12.6. The van der Waals surface area contributed by atoms with Gasteiger partial charge in [-0.15, -0.1) is 24.8 Å². The molecule has 0 bridgehead atoms. The predicted octanol–water partition coefficient (Wildman–Crippen LogP) is 4.41. The molecule has 3 atom stereocenters. The maximum Gasteiger partial charge on any atom is 0.222 e. The van der Waals surface area contributed by atoms with Gasteiger partial charge in [0.15, 0.2) is 0 Å². The van der Waals surface area contributed by atoms with Crippen molar-refractivity contribution in [2.24, 2.45) is 11.8 Å². The Hall–Kier alpha value is -0.520. The number of piperazine rings is 1. The molecule has 1 aromatic carbocycles. The number of carbonyl (C=O) groups excluding carboxylic acids is 1. The monoisotopic (exact) mass is 449 g/mol. The van der Waals surface area contributed by atoms with Crippen molar-refractivity contribution in [1.82, 2.24) is 15.1 Å². The van der Waals surface area contributed by atoms with Crippen LogP contribution in [0.15, 0.2) is 24.3 Å². The van der Waals surface area contributed by atoms with Gasteiger partial charge in [0.25, 0.3) is 0 Å². The molecule has 0 saturated carbocycles. The number of hydrogen-bond donors (Lipinski definition) is 1. The number of nitrogens with one attached hydrogen (secondary N) is 1. The Bertz CT molecular complexity index is 602. The van der Waals surface area contributed by atoms with E-state index in [1.807, 2.05) is 18.2 Å². The van der Waals surface area contributed by atoms with Gasteiger partial charge in [-0.25, -0.2) is 0 Å². The Morgan fingerprint density at radius 1 is 1.18 bits per heavy atom. The van der Waals surface area contributed by atoms with E-state index >= 15 is 0 Å². The van der Waals surface area contributed by atoms with Gasteiger partial charge in [-0.3, -0.25) is 9.69 Å². The molecule has 2 fully saturated rings. The molecule has 2 saturated heterocycles. The van der Waals surface area contributed by atoms with Gasteiger partial charge in [-0.2, -0.15) is 0 Å². The summed E-state index contributed by atoms with van der Waals surface area (Å²) in [5.74, 6) is 1.44. The van der Waals surface area contributed by atoms with E-state index in [0.717, 1.165) is 44.3 Å². The summed E-state index contributed by atoms with van der Waals surface area (Å²) in [4.78, 5) is 17.2. The number of piperidine rings is 1. The van der Waals surface area contributed by atoms with E-state index in [2.05, 4.69) is 35.0 Å². The fourth-order valence-corrected chi connectivity index (χ4v) is 4.60. The van der Waals surface area contributed by atoms with E-state index in [1.54, 1.807) is 0 Å². The van der Waals surface area contributed by atoms with Crippen LogP contribution in [-0.2, 0) is 4.79 Å². The van der Waals surface area contributed by atoms with Crippen molar-refractivity contribution in [3.63, 3.8) is 0 Å². The van der Waals surface area contributed by atoms with E-state index in [9.17, 15) is 4.79 Å². The molecule has 0 radical (unpaired) electrons. The normalized spacial score (nSPS) is 22.5. The summed E-state index contributed by atoms with van der Waals surface area (Å²) in [6, 6.07) is 8.35. The van der Waals surface area contributed by atoms with Crippen LogP contribution in [0, 0.1) is 11.8 Å². The lowest BCUT2D eigenvalue weighted by Gasteiger charge is -2.39. The summed E-state index contributed by atoms with van der Waals surface area (Å²) in [6.45, 7) is 10.1. The van der Waals surface area contributed by atoms with Crippen LogP contribution in [0.5, 0.6) is 0 Å². The second kappa shape index (κ2) is 12.2. The molecule has 7 heteroatoms. The lowest BCUT2D eigenvalue weighted by molar-refractivity contribution is -0.134. The molecule has 0 aliphatic carbocycles. The number of amides is 1. The maximum atomic E-state index is 12.7. The van der Waals surface area contributed by atoms with Gasteiger partial charge in [-0.05, 0) is 56.3 Å². The highest BCUT2D eigenvalue weighted by atomic mass is 35.5. The van der Waals surface area contributed by atoms with Gasteiger partial charge in [0.1, 0.15) is 0 Å². The number of carbonyl (C=O) groups is 1. The number of hydrogen-bond acceptors (Lipinski definition) is 3. The molecule has 160 valence electrons. The Morgan fingerprint density at radius 2 is 1.86 bits per heavy atom. The van der Waals surface area contributed by atoms with E-state index in [4.69, 9.17) is 11.6 Å². The topological polar surface area (TPSA) is 35.6 Å². The average Bonchev–Trinajstić information content (AvgIpc) is 2.68. The number of nitrogens with zero attached hydrogens (tertiary/aromatic N) is 2. The van der Waals surface area contributed by atoms with E-state index < -0.39 is 0 Å². The predicted molar refractivity (Wildman–Crippen MR) is 122 cm³/mol. The maximum absolute atomic E-state index is 12.7. The van der Waals surface area contributed by atoms with Crippen LogP contribution in [0.2, 0.25) is 5.02 Å². The molecule has 28 heavy (non-hydrogen) atoms. The van der Waals surface area contributed by atoms with Crippen molar-refractivity contribution >= 4 is 42.3 Å². The molecule has 0 spiro atoms. The van der Waals surface area contributed by atoms with Gasteiger partial charge < -0.3 is 10.2 Å². The Balaban J connectivity index is 0.00000196. The van der Waals surface area contributed by atoms with Gasteiger partial charge in [0.05, 0.1) is 0 Å². The summed E-state index contributed by atoms with van der Waals surface area (Å²) in [5, 5.41) is 4.29. The third-order valence-electron chi connectivity index (χ3n) is 6.21. The fraction of sp³-hybridized carbons (Fsp3) is 0.667. The molecular weight excluding hydrogens is 417 g/mol. The summed E-state index contributed by atoms with van der Waals surface area (Å²) >= 11 is 6.35. The highest BCUT2D eigenvalue weighted by Crippen LogP contribution is 2.28. The quantitative estimate of drug-likeness (QED) is 0.721. The molecule has 1 aromatic rings. The van der Waals surface area contributed by atoms with Crippen molar-refractivity contribution < 1.29 is 4.79 Å². The van der Waals surface area contributed by atoms with Crippen LogP contribution in [0.4, 0.5) is 0 Å². The minimum absolute atomic E-state index is 0. The molecular formula is C21H34Cl3N3O. The SMILES string of the molecule is CC(CC(=O)N1CCN(C(C)c2ccccc2Cl)CC1)C1CCCNC1.Cl.Cl. The van der Waals surface area contributed by atoms with Crippen molar-refractivity contribution in [2.75, 3.05) is 39.3 Å². The van der Waals surface area contributed by atoms with Crippen LogP contribution in [-0.4, -0.2) is 55.0 Å². The van der Waals surface area contributed by atoms with Gasteiger partial charge in [-0.1, -0.05) is 36.7 Å². The number of rotatable bonds is 5. The highest BCUT2D eigenvalue weighted by molar-refractivity contribution is 6.31. The summed E-state index contributed by atoms with van der Waals surface area (Å²) in [7, 11) is 0. The zero-order valence-electron chi connectivity index (χ0n) is 16.9. The second-order valence-corrected chi connectivity index (χ2v) is 8.31. The molecule has 1 amide bonds. The van der Waals surface area contributed by atoms with Gasteiger partial charge in [0.2, 0.25) is 5.91 Å². The average molecular weight is 451 g/mol. The molecule has 0 aromatic heterocycles. The van der Waals surface area contributed by atoms with Crippen LogP contribution in [0.25, 0.3) is 0 Å². The molecule has 4 nitrogen and oxygen atoms in total. The van der Waals surface area contributed by atoms with Crippen molar-refractivity contribution in [3.05, 3.63) is 34.9 Å². The van der Waals surface area contributed by atoms with E-state index in [0.29, 0.717) is 24.2 Å². The molecule has 2 aliphatic heterocycles. The summed E-state index contributed by atoms with van der Waals surface area (Å²) in [6.07, 6.45) is 3.18. The van der Waals surface area contributed by atoms with Crippen molar-refractivity contribution in [3.8, 4) is 0 Å². The zero-order valence-corrected chi connectivity index (χ0v) is 19.3.